The largest absolute Gasteiger partial charge is 1.00 e. The van der Waals surface area contributed by atoms with E-state index in [4.69, 9.17) is 5.11 Å². The van der Waals surface area contributed by atoms with Gasteiger partial charge >= 0.3 is 109 Å². The molecule has 1 N–H and O–H groups in total. The summed E-state index contributed by atoms with van der Waals surface area (Å²) in [5, 5.41) is 8.51. The molecule has 0 bridgehead atoms. The SMILES string of the molecule is O=C(O)c1cc(S(=O)(=O)[O-])sc1S(=O)(=O)[O-].[K+].[K+]. The molecule has 0 atom stereocenters. The number of hydrogen-bond acceptors (Lipinski definition) is 8. The van der Waals surface area contributed by atoms with Crippen LogP contribution in [0.5, 0.6) is 0 Å². The van der Waals surface area contributed by atoms with E-state index in [1.54, 1.807) is 0 Å². The topological polar surface area (TPSA) is 152 Å². The van der Waals surface area contributed by atoms with Crippen molar-refractivity contribution in [3.63, 3.8) is 0 Å². The summed E-state index contributed by atoms with van der Waals surface area (Å²) in [6, 6.07) is 0.347. The summed E-state index contributed by atoms with van der Waals surface area (Å²) in [5.74, 6) is -1.81. The van der Waals surface area contributed by atoms with Crippen LogP contribution in [0.2, 0.25) is 0 Å². The van der Waals surface area contributed by atoms with E-state index in [9.17, 15) is 30.7 Å². The van der Waals surface area contributed by atoms with Gasteiger partial charge in [0.1, 0.15) is 28.7 Å². The third kappa shape index (κ3) is 5.94. The molecule has 0 radical (unpaired) electrons. The minimum Gasteiger partial charge on any atom is -0.743 e. The molecule has 1 heterocycles. The summed E-state index contributed by atoms with van der Waals surface area (Å²) < 4.78 is 61.1. The second kappa shape index (κ2) is 8.04. The summed E-state index contributed by atoms with van der Waals surface area (Å²) in [6.45, 7) is 0. The van der Waals surface area contributed by atoms with Gasteiger partial charge in [-0.2, -0.15) is 0 Å². The van der Waals surface area contributed by atoms with Gasteiger partial charge in [0.2, 0.25) is 0 Å². The van der Waals surface area contributed by atoms with Gasteiger partial charge in [0.15, 0.2) is 0 Å². The van der Waals surface area contributed by atoms with Crippen molar-refractivity contribution in [1.29, 1.82) is 0 Å². The number of carbonyl (C=O) groups is 1. The number of carboxylic acid groups (broad SMARTS) is 1. The number of thiophene rings is 1. The minimum atomic E-state index is -5.13. The van der Waals surface area contributed by atoms with Crippen molar-refractivity contribution in [2.24, 2.45) is 0 Å². The van der Waals surface area contributed by atoms with Crippen molar-refractivity contribution in [1.82, 2.24) is 0 Å². The molecule has 0 fully saturated rings. The van der Waals surface area contributed by atoms with E-state index in [2.05, 4.69) is 0 Å². The maximum Gasteiger partial charge on any atom is 1.00 e. The van der Waals surface area contributed by atoms with Crippen LogP contribution in [0.4, 0.5) is 0 Å². The summed E-state index contributed by atoms with van der Waals surface area (Å²) in [4.78, 5) is 10.5. The van der Waals surface area contributed by atoms with Crippen LogP contribution in [0.15, 0.2) is 14.5 Å². The second-order valence-electron chi connectivity index (χ2n) is 2.48. The average Bonchev–Trinajstić information content (AvgIpc) is 2.44. The zero-order valence-corrected chi connectivity index (χ0v) is 17.8. The van der Waals surface area contributed by atoms with Crippen LogP contribution < -0.4 is 103 Å². The molecule has 0 saturated heterocycles. The van der Waals surface area contributed by atoms with E-state index >= 15 is 0 Å². The van der Waals surface area contributed by atoms with Gasteiger partial charge in [0.25, 0.3) is 0 Å². The molecule has 1 aromatic heterocycles. The molecule has 90 valence electrons. The van der Waals surface area contributed by atoms with Crippen LogP contribution in [0, 0.1) is 0 Å². The Bertz CT molecular complexity index is 642. The van der Waals surface area contributed by atoms with E-state index in [0.717, 1.165) is 0 Å². The Hall–Kier alpha value is 2.26. The molecule has 0 aliphatic rings. The first-order chi connectivity index (χ1) is 7.03. The van der Waals surface area contributed by atoms with Crippen LogP contribution in [0.3, 0.4) is 0 Å². The maximum atomic E-state index is 10.6. The molecule has 1 aromatic rings. The average molecular weight is 364 g/mol. The predicted octanol–water partition coefficient (Wildman–Crippen LogP) is -6.74. The molecule has 1 rings (SSSR count). The summed E-state index contributed by atoms with van der Waals surface area (Å²) >= 11 is -0.180. The Kier molecular flexibility index (Phi) is 10.1. The molecule has 13 heteroatoms. The first kappa shape index (κ1) is 22.5. The van der Waals surface area contributed by atoms with E-state index in [1.165, 1.54) is 0 Å². The number of carboxylic acids is 1. The van der Waals surface area contributed by atoms with Crippen molar-refractivity contribution in [3.05, 3.63) is 11.6 Å². The molecule has 0 aliphatic heterocycles. The second-order valence-corrected chi connectivity index (χ2v) is 6.71. The van der Waals surface area contributed by atoms with Gasteiger partial charge in [-0.25, -0.2) is 21.6 Å². The fourth-order valence-electron chi connectivity index (χ4n) is 0.811. The Morgan fingerprint density at radius 1 is 1.11 bits per heavy atom. The fourth-order valence-corrected chi connectivity index (χ4v) is 3.60. The van der Waals surface area contributed by atoms with E-state index in [-0.39, 0.29) is 114 Å². The van der Waals surface area contributed by atoms with Crippen molar-refractivity contribution in [3.8, 4) is 0 Å². The predicted molar refractivity (Wildman–Crippen MR) is 47.2 cm³/mol. The van der Waals surface area contributed by atoms with Crippen LogP contribution >= 0.6 is 11.3 Å². The Morgan fingerprint density at radius 2 is 1.56 bits per heavy atom. The third-order valence-corrected chi connectivity index (χ3v) is 5.11. The fraction of sp³-hybridized carbons (Fsp3) is 0. The van der Waals surface area contributed by atoms with E-state index < -0.39 is 40.2 Å². The third-order valence-electron chi connectivity index (χ3n) is 1.38. The van der Waals surface area contributed by atoms with Crippen molar-refractivity contribution in [2.75, 3.05) is 0 Å². The zero-order chi connectivity index (χ0) is 12.7. The van der Waals surface area contributed by atoms with E-state index in [0.29, 0.717) is 6.07 Å². The molecular formula is C5H2K2O8S3. The molecule has 0 aliphatic carbocycles. The Morgan fingerprint density at radius 3 is 1.78 bits per heavy atom. The van der Waals surface area contributed by atoms with Gasteiger partial charge < -0.3 is 14.2 Å². The molecular weight excluding hydrogens is 362 g/mol. The van der Waals surface area contributed by atoms with Gasteiger partial charge in [0.05, 0.1) is 5.56 Å². The van der Waals surface area contributed by atoms with Gasteiger partial charge in [-0.05, 0) is 6.07 Å². The Balaban J connectivity index is 0. The smallest absolute Gasteiger partial charge is 0.743 e. The van der Waals surface area contributed by atoms with Crippen LogP contribution in [-0.2, 0) is 20.2 Å². The first-order valence-corrected chi connectivity index (χ1v) is 6.95. The van der Waals surface area contributed by atoms with Crippen molar-refractivity contribution in [2.45, 2.75) is 8.42 Å². The quantitative estimate of drug-likeness (QED) is 0.410. The molecule has 0 unspecified atom stereocenters. The molecule has 8 nitrogen and oxygen atoms in total. The van der Waals surface area contributed by atoms with Crippen LogP contribution in [0.1, 0.15) is 10.4 Å². The summed E-state index contributed by atoms with van der Waals surface area (Å²) in [5.41, 5.74) is -1.02. The van der Waals surface area contributed by atoms with Gasteiger partial charge in [-0.1, -0.05) is 0 Å². The molecule has 0 spiro atoms. The van der Waals surface area contributed by atoms with Gasteiger partial charge in [-0.3, -0.25) is 0 Å². The van der Waals surface area contributed by atoms with Crippen molar-refractivity contribution < 1.29 is 139 Å². The minimum absolute atomic E-state index is 0. The van der Waals surface area contributed by atoms with Gasteiger partial charge in [-0.15, -0.1) is 11.3 Å². The molecule has 18 heavy (non-hydrogen) atoms. The summed E-state index contributed by atoms with van der Waals surface area (Å²) in [6.07, 6.45) is 0. The summed E-state index contributed by atoms with van der Waals surface area (Å²) in [7, 11) is -10.1. The Labute approximate surface area is 191 Å². The zero-order valence-electron chi connectivity index (χ0n) is 9.11. The number of rotatable bonds is 3. The normalized spacial score (nSPS) is 11.2. The van der Waals surface area contributed by atoms with Crippen LogP contribution in [0.25, 0.3) is 0 Å². The number of aromatic carboxylic acids is 1. The maximum absolute atomic E-state index is 10.6. The monoisotopic (exact) mass is 364 g/mol. The first-order valence-electron chi connectivity index (χ1n) is 3.32. The molecule has 0 saturated carbocycles. The van der Waals surface area contributed by atoms with Crippen molar-refractivity contribution >= 4 is 37.5 Å². The number of hydrogen-bond donors (Lipinski definition) is 1. The standard InChI is InChI=1S/C5H4O8S3.2K/c6-4(7)2-1-3(15(8,9)10)14-5(2)16(11,12)13;;/h1H,(H,6,7)(H,8,9,10)(H,11,12,13);;/q;2*+1/p-2. The molecule has 0 aromatic carbocycles. The molecule has 0 amide bonds. The van der Waals surface area contributed by atoms with Crippen LogP contribution in [-0.4, -0.2) is 37.0 Å². The van der Waals surface area contributed by atoms with Gasteiger partial charge in [0, 0.05) is 0 Å². The van der Waals surface area contributed by atoms with E-state index in [1.807, 2.05) is 0 Å².